The van der Waals surface area contributed by atoms with E-state index >= 15 is 0 Å². The van der Waals surface area contributed by atoms with Crippen LogP contribution in [0, 0.1) is 0 Å². The Morgan fingerprint density at radius 2 is 2.12 bits per heavy atom. The summed E-state index contributed by atoms with van der Waals surface area (Å²) >= 11 is 0. The van der Waals surface area contributed by atoms with E-state index in [0.29, 0.717) is 12.6 Å². The Kier molecular flexibility index (Phi) is 4.29. The van der Waals surface area contributed by atoms with Crippen molar-refractivity contribution in [2.24, 2.45) is 0 Å². The first-order valence-electron chi connectivity index (χ1n) is 8.73. The monoisotopic (exact) mass is 329 g/mol. The van der Waals surface area contributed by atoms with Crippen molar-refractivity contribution in [1.82, 2.24) is 29.9 Å². The molecule has 1 saturated carbocycles. The maximum absolute atomic E-state index is 12.3. The number of aryl methyl sites for hydroxylation is 1. The van der Waals surface area contributed by atoms with Crippen LogP contribution in [0.25, 0.3) is 0 Å². The Morgan fingerprint density at radius 3 is 3.00 bits per heavy atom. The summed E-state index contributed by atoms with van der Waals surface area (Å²) in [6, 6.07) is 2.55. The molecule has 2 N–H and O–H groups in total. The molecule has 1 fully saturated rings. The van der Waals surface area contributed by atoms with Crippen LogP contribution in [0.2, 0.25) is 0 Å². The van der Waals surface area contributed by atoms with E-state index in [0.717, 1.165) is 43.9 Å². The van der Waals surface area contributed by atoms with Gasteiger partial charge in [-0.3, -0.25) is 4.79 Å². The van der Waals surface area contributed by atoms with Gasteiger partial charge in [0.1, 0.15) is 18.0 Å². The normalized spacial score (nSPS) is 20.9. The lowest BCUT2D eigenvalue weighted by Gasteiger charge is -2.23. The molecule has 8 nitrogen and oxygen atoms in total. The number of fused-ring (bicyclic) bond motifs is 1. The fraction of sp³-hybridized carbons (Fsp3) is 0.625. The topological polar surface area (TPSA) is 89.7 Å². The number of amides is 1. The lowest BCUT2D eigenvalue weighted by molar-refractivity contribution is -0.115. The predicted octanol–water partition coefficient (Wildman–Crippen LogP) is 1.13. The molecule has 0 unspecified atom stereocenters. The van der Waals surface area contributed by atoms with Crippen LogP contribution in [-0.2, 0) is 17.8 Å². The van der Waals surface area contributed by atoms with Gasteiger partial charge < -0.3 is 10.6 Å². The molecule has 8 heteroatoms. The molecule has 2 aromatic rings. The molecule has 2 aromatic heterocycles. The summed E-state index contributed by atoms with van der Waals surface area (Å²) in [5.74, 6) is 1.80. The molecule has 2 aliphatic rings. The molecule has 1 amide bonds. The molecule has 24 heavy (non-hydrogen) atoms. The van der Waals surface area contributed by atoms with E-state index < -0.39 is 0 Å². The quantitative estimate of drug-likeness (QED) is 0.858. The minimum Gasteiger partial charge on any atom is -0.310 e. The Morgan fingerprint density at radius 1 is 1.25 bits per heavy atom. The minimum absolute atomic E-state index is 0.0286. The highest BCUT2D eigenvalue weighted by atomic mass is 16.2. The zero-order valence-electron chi connectivity index (χ0n) is 13.7. The second-order valence-corrected chi connectivity index (χ2v) is 6.62. The van der Waals surface area contributed by atoms with Gasteiger partial charge in [-0.15, -0.1) is 0 Å². The Hall–Kier alpha value is -2.22. The zero-order chi connectivity index (χ0) is 16.4. The first kappa shape index (κ1) is 15.3. The number of carbonyl (C=O) groups excluding carboxylic acids is 1. The molecule has 0 aromatic carbocycles. The van der Waals surface area contributed by atoms with Gasteiger partial charge in [0, 0.05) is 18.5 Å². The zero-order valence-corrected chi connectivity index (χ0v) is 13.7. The molecule has 3 heterocycles. The Balaban J connectivity index is 1.29. The number of nitrogens with zero attached hydrogens (tertiary/aromatic N) is 5. The molecule has 1 aliphatic heterocycles. The molecule has 4 rings (SSSR count). The summed E-state index contributed by atoms with van der Waals surface area (Å²) in [7, 11) is 0. The van der Waals surface area contributed by atoms with Crippen molar-refractivity contribution in [3.8, 4) is 0 Å². The minimum atomic E-state index is -0.0286. The fourth-order valence-corrected chi connectivity index (χ4v) is 3.68. The highest BCUT2D eigenvalue weighted by molar-refractivity contribution is 5.91. The maximum Gasteiger partial charge on any atom is 0.239 e. The average molecular weight is 329 g/mol. The highest BCUT2D eigenvalue weighted by Gasteiger charge is 2.22. The molecule has 0 saturated heterocycles. The van der Waals surface area contributed by atoms with E-state index in [4.69, 9.17) is 0 Å². The molecule has 128 valence electrons. The van der Waals surface area contributed by atoms with Gasteiger partial charge in [0.15, 0.2) is 0 Å². The largest absolute Gasteiger partial charge is 0.310 e. The Bertz CT molecular complexity index is 701. The van der Waals surface area contributed by atoms with E-state index in [1.54, 1.807) is 12.5 Å². The van der Waals surface area contributed by atoms with Crippen molar-refractivity contribution in [3.05, 3.63) is 24.4 Å². The number of hydrogen-bond donors (Lipinski definition) is 2. The second-order valence-electron chi connectivity index (χ2n) is 6.62. The van der Waals surface area contributed by atoms with Gasteiger partial charge in [-0.25, -0.2) is 14.3 Å². The van der Waals surface area contributed by atoms with Gasteiger partial charge in [0.05, 0.1) is 25.3 Å². The molecule has 0 radical (unpaired) electrons. The molecule has 0 spiro atoms. The highest BCUT2D eigenvalue weighted by Crippen LogP contribution is 2.31. The van der Waals surface area contributed by atoms with Crippen LogP contribution in [0.5, 0.6) is 0 Å². The number of rotatable bonds is 5. The molecule has 0 bridgehead atoms. The smallest absolute Gasteiger partial charge is 0.239 e. The van der Waals surface area contributed by atoms with Crippen LogP contribution >= 0.6 is 0 Å². The fourth-order valence-electron chi connectivity index (χ4n) is 3.68. The third kappa shape index (κ3) is 3.19. The number of nitrogens with one attached hydrogen (secondary N) is 2. The van der Waals surface area contributed by atoms with Crippen molar-refractivity contribution in [3.63, 3.8) is 0 Å². The van der Waals surface area contributed by atoms with Crippen molar-refractivity contribution < 1.29 is 4.79 Å². The first-order chi connectivity index (χ1) is 11.8. The van der Waals surface area contributed by atoms with Gasteiger partial charge in [-0.1, -0.05) is 12.8 Å². The summed E-state index contributed by atoms with van der Waals surface area (Å²) in [4.78, 5) is 16.5. The molecule has 1 atom stereocenters. The van der Waals surface area contributed by atoms with Crippen LogP contribution in [-0.4, -0.2) is 43.0 Å². The van der Waals surface area contributed by atoms with Crippen molar-refractivity contribution in [2.45, 2.75) is 57.2 Å². The van der Waals surface area contributed by atoms with Crippen LogP contribution in [0.3, 0.4) is 0 Å². The summed E-state index contributed by atoms with van der Waals surface area (Å²) in [6.45, 7) is 1.06. The van der Waals surface area contributed by atoms with E-state index in [1.807, 2.05) is 15.4 Å². The summed E-state index contributed by atoms with van der Waals surface area (Å²) in [5.41, 5.74) is 0. The summed E-state index contributed by atoms with van der Waals surface area (Å²) in [5, 5.41) is 14.9. The van der Waals surface area contributed by atoms with Gasteiger partial charge in [-0.2, -0.15) is 10.2 Å². The van der Waals surface area contributed by atoms with Crippen LogP contribution < -0.4 is 10.6 Å². The number of carbonyl (C=O) groups is 1. The summed E-state index contributed by atoms with van der Waals surface area (Å²) < 4.78 is 3.88. The third-order valence-electron chi connectivity index (χ3n) is 4.97. The summed E-state index contributed by atoms with van der Waals surface area (Å²) in [6.07, 6.45) is 10.00. The molecular weight excluding hydrogens is 306 g/mol. The third-order valence-corrected chi connectivity index (χ3v) is 4.97. The first-order valence-corrected chi connectivity index (χ1v) is 8.73. The van der Waals surface area contributed by atoms with E-state index in [1.165, 1.54) is 12.8 Å². The molecule has 1 aliphatic carbocycles. The van der Waals surface area contributed by atoms with Crippen LogP contribution in [0.15, 0.2) is 18.6 Å². The van der Waals surface area contributed by atoms with Gasteiger partial charge in [-0.05, 0) is 19.3 Å². The molecular formula is C16H23N7O. The number of aromatic nitrogens is 5. The number of anilines is 1. The van der Waals surface area contributed by atoms with Crippen molar-refractivity contribution in [1.29, 1.82) is 0 Å². The lowest BCUT2D eigenvalue weighted by atomic mass is 10.1. The average Bonchev–Trinajstić information content (AvgIpc) is 3.32. The van der Waals surface area contributed by atoms with Gasteiger partial charge >= 0.3 is 0 Å². The van der Waals surface area contributed by atoms with Gasteiger partial charge in [0.25, 0.3) is 0 Å². The van der Waals surface area contributed by atoms with E-state index in [9.17, 15) is 4.79 Å². The lowest BCUT2D eigenvalue weighted by Crippen LogP contribution is -2.41. The second kappa shape index (κ2) is 6.72. The SMILES string of the molecule is O=C(CN[C@@H]1CCc2ncnn2C1)Nc1ccnn1C1CCCC1. The maximum atomic E-state index is 12.3. The van der Waals surface area contributed by atoms with E-state index in [2.05, 4.69) is 25.8 Å². The van der Waals surface area contributed by atoms with Gasteiger partial charge in [0.2, 0.25) is 5.91 Å². The standard InChI is InChI=1S/C16H23N7O/c24-16(9-17-12-5-6-14-18-11-20-22(14)10-12)21-15-7-8-19-23(15)13-3-1-2-4-13/h7-8,11-13,17H,1-6,9-10H2,(H,21,24)/t12-/m1/s1. The Labute approximate surface area is 140 Å². The van der Waals surface area contributed by atoms with Crippen molar-refractivity contribution in [2.75, 3.05) is 11.9 Å². The van der Waals surface area contributed by atoms with E-state index in [-0.39, 0.29) is 11.9 Å². The predicted molar refractivity (Wildman–Crippen MR) is 88.5 cm³/mol. The van der Waals surface area contributed by atoms with Crippen LogP contribution in [0.1, 0.15) is 44.0 Å². The van der Waals surface area contributed by atoms with Crippen molar-refractivity contribution >= 4 is 11.7 Å². The van der Waals surface area contributed by atoms with Crippen LogP contribution in [0.4, 0.5) is 5.82 Å². The number of hydrogen-bond acceptors (Lipinski definition) is 5.